The van der Waals surface area contributed by atoms with Gasteiger partial charge in [-0.05, 0) is 23.3 Å². The third kappa shape index (κ3) is 3.09. The second kappa shape index (κ2) is 6.21. The van der Waals surface area contributed by atoms with Crippen LogP contribution in [0.15, 0.2) is 23.0 Å². The van der Waals surface area contributed by atoms with Gasteiger partial charge in [0.15, 0.2) is 0 Å². The summed E-state index contributed by atoms with van der Waals surface area (Å²) in [5.41, 5.74) is 2.95. The predicted molar refractivity (Wildman–Crippen MR) is 83.4 cm³/mol. The van der Waals surface area contributed by atoms with E-state index in [-0.39, 0.29) is 10.9 Å². The molecule has 0 bridgehead atoms. The summed E-state index contributed by atoms with van der Waals surface area (Å²) in [5, 5.41) is 18.8. The number of halogens is 2. The number of benzene rings is 1. The number of aromatic carboxylic acids is 2. The maximum Gasteiger partial charge on any atom is 0.342 e. The number of H-pyrrole nitrogens is 1. The van der Waals surface area contributed by atoms with Crippen LogP contribution in [0.2, 0.25) is 0 Å². The van der Waals surface area contributed by atoms with Gasteiger partial charge in [0.2, 0.25) is 0 Å². The number of carbonyl (C=O) groups is 2. The van der Waals surface area contributed by atoms with Crippen LogP contribution in [0, 0.1) is 5.82 Å². The summed E-state index contributed by atoms with van der Waals surface area (Å²) in [6.07, 6.45) is 0. The number of nitrogens with two attached hydrogens (primary N) is 1. The van der Waals surface area contributed by atoms with Gasteiger partial charge < -0.3 is 20.9 Å². The molecule has 1 aromatic carbocycles. The van der Waals surface area contributed by atoms with E-state index in [2.05, 4.69) is 15.9 Å². The summed E-state index contributed by atoms with van der Waals surface area (Å²) in [7, 11) is 0. The molecular weight excluding hydrogens is 375 g/mol. The molecule has 0 radical (unpaired) electrons. The maximum atomic E-state index is 13.7. The molecule has 1 aromatic heterocycles. The minimum absolute atomic E-state index is 0.0629. The summed E-state index contributed by atoms with van der Waals surface area (Å²) < 4.78 is 13.7. The standard InChI is InChI=1S/C14H10BrFN2O5/c15-4-5-1-6(3-7(16)2-5)8-9(13(20)21)11(17)18-12(19)10(8)14(22)23/h1-3H,4H2,(H,20,21)(H,22,23)(H3,17,18,19). The number of aromatic amines is 1. The van der Waals surface area contributed by atoms with E-state index in [1.165, 1.54) is 12.1 Å². The van der Waals surface area contributed by atoms with E-state index >= 15 is 0 Å². The first-order valence-electron chi connectivity index (χ1n) is 6.14. The van der Waals surface area contributed by atoms with Crippen molar-refractivity contribution in [2.24, 2.45) is 0 Å². The van der Waals surface area contributed by atoms with Crippen LogP contribution in [0.1, 0.15) is 26.3 Å². The normalized spacial score (nSPS) is 10.5. The molecule has 9 heteroatoms. The highest BCUT2D eigenvalue weighted by atomic mass is 79.9. The molecule has 1 heterocycles. The Morgan fingerprint density at radius 2 is 1.78 bits per heavy atom. The monoisotopic (exact) mass is 384 g/mol. The summed E-state index contributed by atoms with van der Waals surface area (Å²) in [6, 6.07) is 3.51. The molecule has 2 rings (SSSR count). The van der Waals surface area contributed by atoms with E-state index in [0.717, 1.165) is 6.07 Å². The Morgan fingerprint density at radius 3 is 2.30 bits per heavy atom. The van der Waals surface area contributed by atoms with Gasteiger partial charge in [-0.25, -0.2) is 14.0 Å². The first kappa shape index (κ1) is 16.7. The Labute approximate surface area is 136 Å². The minimum atomic E-state index is -1.64. The fraction of sp³-hybridized carbons (Fsp3) is 0.0714. The molecule has 23 heavy (non-hydrogen) atoms. The van der Waals surface area contributed by atoms with Crippen LogP contribution in [-0.2, 0) is 5.33 Å². The molecule has 120 valence electrons. The molecule has 0 fully saturated rings. The van der Waals surface area contributed by atoms with Crippen LogP contribution in [0.25, 0.3) is 11.1 Å². The Bertz CT molecular complexity index is 878. The predicted octanol–water partition coefficient (Wildman–Crippen LogP) is 2.05. The van der Waals surface area contributed by atoms with Gasteiger partial charge in [-0.1, -0.05) is 22.0 Å². The first-order chi connectivity index (χ1) is 10.8. The highest BCUT2D eigenvalue weighted by Gasteiger charge is 2.26. The molecule has 7 nitrogen and oxygen atoms in total. The fourth-order valence-electron chi connectivity index (χ4n) is 2.21. The van der Waals surface area contributed by atoms with Crippen molar-refractivity contribution in [2.75, 3.05) is 5.73 Å². The third-order valence-electron chi connectivity index (χ3n) is 3.07. The van der Waals surface area contributed by atoms with Crippen molar-refractivity contribution in [1.29, 1.82) is 0 Å². The summed E-state index contributed by atoms with van der Waals surface area (Å²) in [6.45, 7) is 0. The zero-order valence-corrected chi connectivity index (χ0v) is 13.0. The Balaban J connectivity index is 2.99. The van der Waals surface area contributed by atoms with Crippen molar-refractivity contribution in [3.63, 3.8) is 0 Å². The number of pyridine rings is 1. The molecule has 0 spiro atoms. The Hall–Kier alpha value is -2.68. The molecule has 0 saturated carbocycles. The fourth-order valence-corrected chi connectivity index (χ4v) is 2.53. The number of nitrogens with one attached hydrogen (secondary N) is 1. The van der Waals surface area contributed by atoms with Crippen LogP contribution in [0.3, 0.4) is 0 Å². The molecule has 0 aliphatic heterocycles. The summed E-state index contributed by atoms with van der Waals surface area (Å²) >= 11 is 3.13. The molecule has 5 N–H and O–H groups in total. The molecule has 0 aliphatic rings. The number of carboxylic acid groups (broad SMARTS) is 2. The zero-order valence-electron chi connectivity index (χ0n) is 11.4. The number of hydrogen-bond donors (Lipinski definition) is 4. The van der Waals surface area contributed by atoms with Gasteiger partial charge in [-0.15, -0.1) is 0 Å². The molecule has 0 unspecified atom stereocenters. The lowest BCUT2D eigenvalue weighted by atomic mass is 9.94. The first-order valence-corrected chi connectivity index (χ1v) is 7.26. The van der Waals surface area contributed by atoms with Gasteiger partial charge in [-0.3, -0.25) is 4.79 Å². The lowest BCUT2D eigenvalue weighted by Crippen LogP contribution is -2.24. The van der Waals surface area contributed by atoms with Crippen molar-refractivity contribution >= 4 is 33.7 Å². The number of alkyl halides is 1. The van der Waals surface area contributed by atoms with Crippen LogP contribution in [0.5, 0.6) is 0 Å². The van der Waals surface area contributed by atoms with Crippen LogP contribution >= 0.6 is 15.9 Å². The molecule has 0 atom stereocenters. The molecular formula is C14H10BrFN2O5. The number of nitrogen functional groups attached to an aromatic ring is 1. The Kier molecular flexibility index (Phi) is 4.50. The smallest absolute Gasteiger partial charge is 0.342 e. The maximum absolute atomic E-state index is 13.7. The molecule has 2 aromatic rings. The lowest BCUT2D eigenvalue weighted by molar-refractivity contribution is 0.0695. The van der Waals surface area contributed by atoms with Gasteiger partial charge >= 0.3 is 11.9 Å². The second-order valence-corrected chi connectivity index (χ2v) is 5.15. The van der Waals surface area contributed by atoms with Crippen LogP contribution < -0.4 is 11.3 Å². The molecule has 0 saturated heterocycles. The largest absolute Gasteiger partial charge is 0.478 e. The number of anilines is 1. The number of rotatable bonds is 4. The van der Waals surface area contributed by atoms with Crippen molar-refractivity contribution in [3.05, 3.63) is 51.1 Å². The van der Waals surface area contributed by atoms with E-state index in [4.69, 9.17) is 5.73 Å². The SMILES string of the molecule is Nc1[nH]c(=O)c(C(=O)O)c(-c2cc(F)cc(CBr)c2)c1C(=O)O. The minimum Gasteiger partial charge on any atom is -0.478 e. The van der Waals surface area contributed by atoms with E-state index in [1.807, 2.05) is 4.98 Å². The topological polar surface area (TPSA) is 133 Å². The quantitative estimate of drug-likeness (QED) is 0.596. The average Bonchev–Trinajstić information content (AvgIpc) is 2.44. The van der Waals surface area contributed by atoms with E-state index in [9.17, 15) is 29.0 Å². The van der Waals surface area contributed by atoms with Gasteiger partial charge in [0, 0.05) is 10.9 Å². The molecule has 0 aliphatic carbocycles. The number of hydrogen-bond acceptors (Lipinski definition) is 4. The van der Waals surface area contributed by atoms with Crippen LogP contribution in [-0.4, -0.2) is 27.1 Å². The van der Waals surface area contributed by atoms with Gasteiger partial charge in [0.1, 0.15) is 22.8 Å². The van der Waals surface area contributed by atoms with E-state index < -0.39 is 45.8 Å². The van der Waals surface area contributed by atoms with Crippen molar-refractivity contribution in [3.8, 4) is 11.1 Å². The lowest BCUT2D eigenvalue weighted by Gasteiger charge is -2.13. The van der Waals surface area contributed by atoms with Gasteiger partial charge in [0.05, 0.1) is 0 Å². The van der Waals surface area contributed by atoms with Gasteiger partial charge in [-0.2, -0.15) is 0 Å². The summed E-state index contributed by atoms with van der Waals surface area (Å²) in [5.74, 6) is -4.40. The zero-order chi connectivity index (χ0) is 17.3. The highest BCUT2D eigenvalue weighted by molar-refractivity contribution is 9.08. The van der Waals surface area contributed by atoms with Crippen molar-refractivity contribution in [2.45, 2.75) is 5.33 Å². The second-order valence-electron chi connectivity index (χ2n) is 4.58. The van der Waals surface area contributed by atoms with Gasteiger partial charge in [0.25, 0.3) is 5.56 Å². The Morgan fingerprint density at radius 1 is 1.17 bits per heavy atom. The number of aromatic nitrogens is 1. The third-order valence-corrected chi connectivity index (χ3v) is 3.72. The number of carboxylic acids is 2. The highest BCUT2D eigenvalue weighted by Crippen LogP contribution is 2.30. The summed E-state index contributed by atoms with van der Waals surface area (Å²) in [4.78, 5) is 36.7. The van der Waals surface area contributed by atoms with E-state index in [0.29, 0.717) is 5.56 Å². The van der Waals surface area contributed by atoms with E-state index in [1.54, 1.807) is 0 Å². The van der Waals surface area contributed by atoms with Crippen molar-refractivity contribution in [1.82, 2.24) is 4.98 Å². The van der Waals surface area contributed by atoms with Crippen molar-refractivity contribution < 1.29 is 24.2 Å². The average molecular weight is 385 g/mol. The van der Waals surface area contributed by atoms with Crippen LogP contribution in [0.4, 0.5) is 10.2 Å². The molecule has 0 amide bonds.